The molecule has 0 unspecified atom stereocenters. The van der Waals surface area contributed by atoms with Gasteiger partial charge in [0, 0.05) is 11.8 Å². The van der Waals surface area contributed by atoms with Crippen LogP contribution in [0.5, 0.6) is 5.75 Å². The van der Waals surface area contributed by atoms with Crippen molar-refractivity contribution >= 4 is 23.2 Å². The first-order valence-electron chi connectivity index (χ1n) is 8.17. The van der Waals surface area contributed by atoms with Crippen molar-refractivity contribution in [2.75, 3.05) is 11.9 Å². The minimum atomic E-state index is -0.542. The second kappa shape index (κ2) is 9.21. The highest BCUT2D eigenvalue weighted by Gasteiger charge is 2.07. The standard InChI is InChI=1S/C20H17ClFNO4/c21-18-10-16(6-7-19(18)22)27-13-20(24)23-15-4-1-3-14(9-15)11-25-12-17-5-2-8-26-17/h1-10H,11-13H2,(H,23,24). The minimum absolute atomic E-state index is 0.0600. The molecule has 0 radical (unpaired) electrons. The summed E-state index contributed by atoms with van der Waals surface area (Å²) in [5.41, 5.74) is 1.53. The number of rotatable bonds is 8. The fourth-order valence-electron chi connectivity index (χ4n) is 2.32. The molecule has 0 atom stereocenters. The Bertz CT molecular complexity index is 899. The average Bonchev–Trinajstić information content (AvgIpc) is 3.16. The number of amides is 1. The topological polar surface area (TPSA) is 60.7 Å². The molecule has 3 aromatic rings. The Labute approximate surface area is 160 Å². The van der Waals surface area contributed by atoms with E-state index in [-0.39, 0.29) is 17.5 Å². The number of carbonyl (C=O) groups is 1. The van der Waals surface area contributed by atoms with Crippen molar-refractivity contribution in [1.29, 1.82) is 0 Å². The van der Waals surface area contributed by atoms with E-state index in [4.69, 9.17) is 25.5 Å². The second-order valence-electron chi connectivity index (χ2n) is 5.69. The summed E-state index contributed by atoms with van der Waals surface area (Å²) in [6.07, 6.45) is 1.59. The van der Waals surface area contributed by atoms with Crippen LogP contribution >= 0.6 is 11.6 Å². The van der Waals surface area contributed by atoms with Crippen molar-refractivity contribution in [2.24, 2.45) is 0 Å². The number of furan rings is 1. The molecule has 140 valence electrons. The van der Waals surface area contributed by atoms with E-state index >= 15 is 0 Å². The molecule has 1 amide bonds. The summed E-state index contributed by atoms with van der Waals surface area (Å²) < 4.78 is 29.2. The predicted octanol–water partition coefficient (Wildman–Crippen LogP) is 4.81. The molecule has 0 saturated heterocycles. The van der Waals surface area contributed by atoms with E-state index in [1.807, 2.05) is 24.3 Å². The van der Waals surface area contributed by atoms with E-state index in [0.29, 0.717) is 24.7 Å². The van der Waals surface area contributed by atoms with Crippen molar-refractivity contribution in [2.45, 2.75) is 13.2 Å². The molecule has 5 nitrogen and oxygen atoms in total. The molecule has 1 N–H and O–H groups in total. The highest BCUT2D eigenvalue weighted by atomic mass is 35.5. The highest BCUT2D eigenvalue weighted by Crippen LogP contribution is 2.21. The lowest BCUT2D eigenvalue weighted by Gasteiger charge is -2.09. The Kier molecular flexibility index (Phi) is 6.46. The number of hydrogen-bond acceptors (Lipinski definition) is 4. The van der Waals surface area contributed by atoms with Gasteiger partial charge < -0.3 is 19.2 Å². The smallest absolute Gasteiger partial charge is 0.262 e. The molecular weight excluding hydrogens is 373 g/mol. The van der Waals surface area contributed by atoms with Crippen LogP contribution in [0.1, 0.15) is 11.3 Å². The predicted molar refractivity (Wildman–Crippen MR) is 99.2 cm³/mol. The minimum Gasteiger partial charge on any atom is -0.484 e. The van der Waals surface area contributed by atoms with E-state index in [0.717, 1.165) is 11.3 Å². The highest BCUT2D eigenvalue weighted by molar-refractivity contribution is 6.30. The molecule has 0 spiro atoms. The van der Waals surface area contributed by atoms with Gasteiger partial charge in [-0.1, -0.05) is 23.7 Å². The van der Waals surface area contributed by atoms with Crippen molar-refractivity contribution in [3.8, 4) is 5.75 Å². The number of carbonyl (C=O) groups excluding carboxylic acids is 1. The third-order valence-corrected chi connectivity index (χ3v) is 3.85. The molecule has 0 fully saturated rings. The zero-order chi connectivity index (χ0) is 19.1. The second-order valence-corrected chi connectivity index (χ2v) is 6.09. The molecular formula is C20H17ClFNO4. The fourth-order valence-corrected chi connectivity index (χ4v) is 2.49. The summed E-state index contributed by atoms with van der Waals surface area (Å²) in [6.45, 7) is 0.536. The largest absolute Gasteiger partial charge is 0.484 e. The van der Waals surface area contributed by atoms with E-state index < -0.39 is 5.82 Å². The van der Waals surface area contributed by atoms with Crippen LogP contribution in [0.15, 0.2) is 65.3 Å². The van der Waals surface area contributed by atoms with Gasteiger partial charge in [0.15, 0.2) is 6.61 Å². The maximum Gasteiger partial charge on any atom is 0.262 e. The monoisotopic (exact) mass is 389 g/mol. The molecule has 27 heavy (non-hydrogen) atoms. The molecule has 1 heterocycles. The van der Waals surface area contributed by atoms with Crippen LogP contribution in [0.25, 0.3) is 0 Å². The lowest BCUT2D eigenvalue weighted by atomic mass is 10.2. The van der Waals surface area contributed by atoms with E-state index in [1.54, 1.807) is 18.4 Å². The third-order valence-electron chi connectivity index (χ3n) is 3.56. The quantitative estimate of drug-likeness (QED) is 0.600. The van der Waals surface area contributed by atoms with Gasteiger partial charge in [-0.2, -0.15) is 0 Å². The Morgan fingerprint density at radius 3 is 2.78 bits per heavy atom. The van der Waals surface area contributed by atoms with E-state index in [1.165, 1.54) is 18.2 Å². The summed E-state index contributed by atoms with van der Waals surface area (Å²) in [5.74, 6) is 0.179. The third kappa shape index (κ3) is 5.84. The van der Waals surface area contributed by atoms with E-state index in [2.05, 4.69) is 5.32 Å². The number of benzene rings is 2. The van der Waals surface area contributed by atoms with Crippen molar-refractivity contribution < 1.29 is 23.1 Å². The number of nitrogens with one attached hydrogen (secondary N) is 1. The van der Waals surface area contributed by atoms with Gasteiger partial charge in [0.1, 0.15) is 23.9 Å². The molecule has 7 heteroatoms. The van der Waals surface area contributed by atoms with Gasteiger partial charge in [-0.25, -0.2) is 4.39 Å². The van der Waals surface area contributed by atoms with E-state index in [9.17, 15) is 9.18 Å². The van der Waals surface area contributed by atoms with Crippen molar-refractivity contribution in [1.82, 2.24) is 0 Å². The number of halogens is 2. The van der Waals surface area contributed by atoms with Gasteiger partial charge in [-0.05, 0) is 42.0 Å². The SMILES string of the molecule is O=C(COc1ccc(F)c(Cl)c1)Nc1cccc(COCc2ccco2)c1. The Hall–Kier alpha value is -2.83. The van der Waals surface area contributed by atoms with Crippen LogP contribution in [-0.4, -0.2) is 12.5 Å². The van der Waals surface area contributed by atoms with Gasteiger partial charge in [0.25, 0.3) is 5.91 Å². The molecule has 0 saturated carbocycles. The summed E-state index contributed by atoms with van der Waals surface area (Å²) in [7, 11) is 0. The Morgan fingerprint density at radius 1 is 1.11 bits per heavy atom. The summed E-state index contributed by atoms with van der Waals surface area (Å²) in [6, 6.07) is 14.9. The van der Waals surface area contributed by atoms with Gasteiger partial charge in [0.2, 0.25) is 0 Å². The fraction of sp³-hybridized carbons (Fsp3) is 0.150. The number of anilines is 1. The van der Waals surface area contributed by atoms with Gasteiger partial charge in [-0.15, -0.1) is 0 Å². The van der Waals surface area contributed by atoms with Crippen molar-refractivity contribution in [3.05, 3.63) is 83.0 Å². The number of hydrogen-bond donors (Lipinski definition) is 1. The maximum absolute atomic E-state index is 13.1. The van der Waals surface area contributed by atoms with Gasteiger partial charge in [-0.3, -0.25) is 4.79 Å². The summed E-state index contributed by atoms with van der Waals surface area (Å²) in [5, 5.41) is 2.68. The molecule has 0 bridgehead atoms. The van der Waals surface area contributed by atoms with Crippen LogP contribution in [-0.2, 0) is 22.7 Å². The van der Waals surface area contributed by atoms with Gasteiger partial charge >= 0.3 is 0 Å². The van der Waals surface area contributed by atoms with Crippen LogP contribution in [0, 0.1) is 5.82 Å². The molecule has 2 aromatic carbocycles. The molecule has 0 aliphatic carbocycles. The first-order valence-corrected chi connectivity index (χ1v) is 8.55. The van der Waals surface area contributed by atoms with Crippen LogP contribution in [0.2, 0.25) is 5.02 Å². The molecule has 1 aromatic heterocycles. The lowest BCUT2D eigenvalue weighted by Crippen LogP contribution is -2.20. The summed E-state index contributed by atoms with van der Waals surface area (Å²) in [4.78, 5) is 12.0. The molecule has 3 rings (SSSR count). The Balaban J connectivity index is 1.47. The first-order chi connectivity index (χ1) is 13.1. The zero-order valence-corrected chi connectivity index (χ0v) is 15.0. The Morgan fingerprint density at radius 2 is 2.00 bits per heavy atom. The lowest BCUT2D eigenvalue weighted by molar-refractivity contribution is -0.118. The van der Waals surface area contributed by atoms with Gasteiger partial charge in [0.05, 0.1) is 17.9 Å². The van der Waals surface area contributed by atoms with Crippen LogP contribution in [0.4, 0.5) is 10.1 Å². The molecule has 0 aliphatic heterocycles. The average molecular weight is 390 g/mol. The first kappa shape index (κ1) is 18.9. The van der Waals surface area contributed by atoms with Crippen LogP contribution < -0.4 is 10.1 Å². The zero-order valence-electron chi connectivity index (χ0n) is 14.3. The summed E-state index contributed by atoms with van der Waals surface area (Å²) >= 11 is 5.68. The molecule has 0 aliphatic rings. The normalized spacial score (nSPS) is 10.6. The van der Waals surface area contributed by atoms with Crippen LogP contribution in [0.3, 0.4) is 0 Å². The van der Waals surface area contributed by atoms with Crippen molar-refractivity contribution in [3.63, 3.8) is 0 Å². The number of ether oxygens (including phenoxy) is 2. The maximum atomic E-state index is 13.1.